The van der Waals surface area contributed by atoms with Gasteiger partial charge in [-0.25, -0.2) is 23.7 Å². The SMILES string of the molecule is CC1CC(c2ccc(F)cc2)C(O)(c2cnc[nH]2)CC1c1ccnc(Nc2ccc(F)cc2)n1. The summed E-state index contributed by atoms with van der Waals surface area (Å²) in [5, 5.41) is 15.1. The molecule has 2 aromatic heterocycles. The van der Waals surface area contributed by atoms with Crippen LogP contribution in [0.3, 0.4) is 0 Å². The summed E-state index contributed by atoms with van der Waals surface area (Å²) in [4.78, 5) is 16.2. The van der Waals surface area contributed by atoms with Crippen molar-refractivity contribution in [2.75, 3.05) is 5.32 Å². The van der Waals surface area contributed by atoms with E-state index in [4.69, 9.17) is 4.98 Å². The van der Waals surface area contributed by atoms with Crippen LogP contribution in [0.15, 0.2) is 73.3 Å². The van der Waals surface area contributed by atoms with E-state index >= 15 is 0 Å². The molecule has 2 aromatic carbocycles. The third-order valence-corrected chi connectivity index (χ3v) is 6.80. The number of rotatable bonds is 5. The minimum absolute atomic E-state index is 0.0539. The maximum Gasteiger partial charge on any atom is 0.227 e. The van der Waals surface area contributed by atoms with Gasteiger partial charge < -0.3 is 15.4 Å². The zero-order valence-electron chi connectivity index (χ0n) is 18.6. The first kappa shape index (κ1) is 22.2. The quantitative estimate of drug-likeness (QED) is 0.370. The molecule has 0 amide bonds. The lowest BCUT2D eigenvalue weighted by atomic mass is 9.62. The van der Waals surface area contributed by atoms with Crippen LogP contribution >= 0.6 is 0 Å². The average Bonchev–Trinajstić information content (AvgIpc) is 3.39. The highest BCUT2D eigenvalue weighted by atomic mass is 19.1. The van der Waals surface area contributed by atoms with Gasteiger partial charge in [0.1, 0.15) is 17.2 Å². The van der Waals surface area contributed by atoms with Crippen molar-refractivity contribution in [2.45, 2.75) is 37.2 Å². The van der Waals surface area contributed by atoms with Crippen molar-refractivity contribution < 1.29 is 13.9 Å². The van der Waals surface area contributed by atoms with Gasteiger partial charge in [0.25, 0.3) is 0 Å². The molecular formula is C26H25F2N5O. The van der Waals surface area contributed by atoms with E-state index in [9.17, 15) is 13.9 Å². The van der Waals surface area contributed by atoms with Gasteiger partial charge in [0.05, 0.1) is 18.2 Å². The Morgan fingerprint density at radius 2 is 1.74 bits per heavy atom. The maximum atomic E-state index is 13.6. The first-order valence-corrected chi connectivity index (χ1v) is 11.2. The molecule has 6 nitrogen and oxygen atoms in total. The van der Waals surface area contributed by atoms with Crippen molar-refractivity contribution in [3.05, 3.63) is 102 Å². The summed E-state index contributed by atoms with van der Waals surface area (Å²) < 4.78 is 26.8. The Kier molecular flexibility index (Phi) is 5.83. The van der Waals surface area contributed by atoms with Gasteiger partial charge in [0.2, 0.25) is 5.95 Å². The molecule has 4 unspecified atom stereocenters. The van der Waals surface area contributed by atoms with Crippen LogP contribution in [-0.4, -0.2) is 25.0 Å². The molecule has 1 aliphatic rings. The van der Waals surface area contributed by atoms with Gasteiger partial charge in [-0.05, 0) is 66.8 Å². The lowest BCUT2D eigenvalue weighted by Crippen LogP contribution is -2.42. The summed E-state index contributed by atoms with van der Waals surface area (Å²) in [6.45, 7) is 2.14. The highest BCUT2D eigenvalue weighted by Gasteiger charge is 2.48. The molecule has 8 heteroatoms. The van der Waals surface area contributed by atoms with Crippen LogP contribution < -0.4 is 5.32 Å². The van der Waals surface area contributed by atoms with Crippen LogP contribution in [0.1, 0.15) is 48.6 Å². The van der Waals surface area contributed by atoms with Gasteiger partial charge in [-0.1, -0.05) is 19.1 Å². The Labute approximate surface area is 196 Å². The largest absolute Gasteiger partial charge is 0.383 e. The van der Waals surface area contributed by atoms with Crippen LogP contribution in [0, 0.1) is 17.6 Å². The zero-order valence-corrected chi connectivity index (χ0v) is 18.6. The molecule has 174 valence electrons. The predicted octanol–water partition coefficient (Wildman–Crippen LogP) is 5.41. The summed E-state index contributed by atoms with van der Waals surface area (Å²) in [6.07, 6.45) is 5.96. The smallest absolute Gasteiger partial charge is 0.227 e. The van der Waals surface area contributed by atoms with E-state index in [0.29, 0.717) is 30.2 Å². The predicted molar refractivity (Wildman–Crippen MR) is 124 cm³/mol. The molecule has 1 saturated carbocycles. The zero-order chi connectivity index (χ0) is 23.7. The number of aromatic amines is 1. The van der Waals surface area contributed by atoms with Gasteiger partial charge in [-0.3, -0.25) is 0 Å². The summed E-state index contributed by atoms with van der Waals surface area (Å²) >= 11 is 0. The number of aliphatic hydroxyl groups is 1. The second-order valence-electron chi connectivity index (χ2n) is 8.95. The van der Waals surface area contributed by atoms with Crippen molar-refractivity contribution >= 4 is 11.6 Å². The third-order valence-electron chi connectivity index (χ3n) is 6.80. The summed E-state index contributed by atoms with van der Waals surface area (Å²) in [7, 11) is 0. The van der Waals surface area contributed by atoms with E-state index in [1.165, 1.54) is 24.3 Å². The van der Waals surface area contributed by atoms with Crippen molar-refractivity contribution in [3.8, 4) is 0 Å². The van der Waals surface area contributed by atoms with Gasteiger partial charge in [-0.2, -0.15) is 0 Å². The van der Waals surface area contributed by atoms with E-state index in [1.807, 2.05) is 6.07 Å². The molecule has 5 rings (SSSR count). The number of benzene rings is 2. The molecular weight excluding hydrogens is 436 g/mol. The molecule has 3 N–H and O–H groups in total. The number of nitrogens with one attached hydrogen (secondary N) is 2. The first-order chi connectivity index (χ1) is 16.4. The molecule has 0 radical (unpaired) electrons. The fourth-order valence-electron chi connectivity index (χ4n) is 5.00. The molecule has 1 fully saturated rings. The minimum Gasteiger partial charge on any atom is -0.383 e. The Balaban J connectivity index is 1.47. The van der Waals surface area contributed by atoms with Crippen molar-refractivity contribution in [3.63, 3.8) is 0 Å². The maximum absolute atomic E-state index is 13.6. The normalized spacial score (nSPS) is 24.6. The number of hydrogen-bond acceptors (Lipinski definition) is 5. The van der Waals surface area contributed by atoms with Gasteiger partial charge in [-0.15, -0.1) is 0 Å². The van der Waals surface area contributed by atoms with Crippen molar-refractivity contribution in [1.82, 2.24) is 19.9 Å². The number of hydrogen-bond donors (Lipinski definition) is 3. The highest BCUT2D eigenvalue weighted by Crippen LogP contribution is 2.53. The molecule has 34 heavy (non-hydrogen) atoms. The van der Waals surface area contributed by atoms with E-state index in [0.717, 1.165) is 11.3 Å². The average molecular weight is 462 g/mol. The van der Waals surface area contributed by atoms with Crippen molar-refractivity contribution in [1.29, 1.82) is 0 Å². The summed E-state index contributed by atoms with van der Waals surface area (Å²) in [5.41, 5.74) is 1.76. The molecule has 1 aliphatic carbocycles. The van der Waals surface area contributed by atoms with E-state index < -0.39 is 5.60 Å². The standard InChI is InChI=1S/C26H25F2N5O/c1-16-12-22(17-2-4-18(27)5-3-17)26(34,24-14-29-15-31-24)13-21(16)23-10-11-30-25(33-23)32-20-8-6-19(28)7-9-20/h2-11,14-16,21-22,34H,12-13H2,1H3,(H,29,31)(H,30,32,33). The van der Waals surface area contributed by atoms with Gasteiger partial charge in [0, 0.05) is 29.4 Å². The molecule has 0 bridgehead atoms. The van der Waals surface area contributed by atoms with E-state index in [1.54, 1.807) is 43.0 Å². The first-order valence-electron chi connectivity index (χ1n) is 11.2. The molecule has 4 atom stereocenters. The fraction of sp³-hybridized carbons (Fsp3) is 0.269. The monoisotopic (exact) mass is 461 g/mol. The Morgan fingerprint density at radius 3 is 2.41 bits per heavy atom. The summed E-state index contributed by atoms with van der Waals surface area (Å²) in [6, 6.07) is 14.2. The number of halogens is 2. The second kappa shape index (κ2) is 8.95. The lowest BCUT2D eigenvalue weighted by Gasteiger charge is -2.46. The minimum atomic E-state index is -1.24. The molecule has 0 spiro atoms. The van der Waals surface area contributed by atoms with E-state index in [2.05, 4.69) is 27.2 Å². The molecule has 0 aliphatic heterocycles. The number of anilines is 2. The third kappa shape index (κ3) is 4.28. The van der Waals surface area contributed by atoms with Gasteiger partial charge >= 0.3 is 0 Å². The second-order valence-corrected chi connectivity index (χ2v) is 8.95. The van der Waals surface area contributed by atoms with Crippen molar-refractivity contribution in [2.24, 2.45) is 5.92 Å². The molecule has 4 aromatic rings. The van der Waals surface area contributed by atoms with Gasteiger partial charge in [0.15, 0.2) is 0 Å². The Hall–Kier alpha value is -3.65. The number of imidazole rings is 1. The highest BCUT2D eigenvalue weighted by molar-refractivity contribution is 5.52. The van der Waals surface area contributed by atoms with E-state index in [-0.39, 0.29) is 29.4 Å². The summed E-state index contributed by atoms with van der Waals surface area (Å²) in [5.74, 6) is -0.322. The van der Waals surface area contributed by atoms with Crippen LogP contribution in [0.25, 0.3) is 0 Å². The van der Waals surface area contributed by atoms with Crippen LogP contribution in [0.5, 0.6) is 0 Å². The number of aromatic nitrogens is 4. The molecule has 2 heterocycles. The Bertz CT molecular complexity index is 1250. The topological polar surface area (TPSA) is 86.7 Å². The Morgan fingerprint density at radius 1 is 1.03 bits per heavy atom. The van der Waals surface area contributed by atoms with Crippen LogP contribution in [0.4, 0.5) is 20.4 Å². The lowest BCUT2D eigenvalue weighted by molar-refractivity contribution is -0.0470. The van der Waals surface area contributed by atoms with Crippen LogP contribution in [-0.2, 0) is 5.60 Å². The fourth-order valence-corrected chi connectivity index (χ4v) is 5.00. The number of H-pyrrole nitrogens is 1. The molecule has 0 saturated heterocycles. The number of nitrogens with zero attached hydrogens (tertiary/aromatic N) is 3. The van der Waals surface area contributed by atoms with Crippen LogP contribution in [0.2, 0.25) is 0 Å².